The lowest BCUT2D eigenvalue weighted by atomic mass is 9.86. The van der Waals surface area contributed by atoms with Crippen molar-refractivity contribution in [2.45, 2.75) is 34.1 Å². The minimum atomic E-state index is -0.455. The quantitative estimate of drug-likeness (QED) is 0.502. The largest absolute Gasteiger partial charge is 0.461 e. The van der Waals surface area contributed by atoms with Crippen LogP contribution in [-0.2, 0) is 14.3 Å². The van der Waals surface area contributed by atoms with Crippen molar-refractivity contribution >= 4 is 11.9 Å². The lowest BCUT2D eigenvalue weighted by Crippen LogP contribution is -2.38. The summed E-state index contributed by atoms with van der Waals surface area (Å²) < 4.78 is 4.88. The number of nitrogens with zero attached hydrogens (tertiary/aromatic N) is 1. The van der Waals surface area contributed by atoms with Crippen LogP contribution in [0.15, 0.2) is 12.7 Å². The smallest absolute Gasteiger partial charge is 0.330 e. The van der Waals surface area contributed by atoms with Gasteiger partial charge in [-0.3, -0.25) is 4.79 Å². The Bertz CT molecular complexity index is 311. The summed E-state index contributed by atoms with van der Waals surface area (Å²) in [5, 5.41) is 0. The van der Waals surface area contributed by atoms with Crippen molar-refractivity contribution in [2.75, 3.05) is 20.2 Å². The SMILES string of the molecule is C=CC(=O)OCCN(C)C(=O)C(CC(C)C)C(C)C. The van der Waals surface area contributed by atoms with E-state index in [1.54, 1.807) is 11.9 Å². The number of hydrogen-bond donors (Lipinski definition) is 0. The van der Waals surface area contributed by atoms with E-state index in [1.807, 2.05) is 0 Å². The standard InChI is InChI=1S/C15H27NO3/c1-7-14(17)19-9-8-16(6)15(18)13(12(4)5)10-11(2)3/h7,11-13H,1,8-10H2,2-6H3. The van der Waals surface area contributed by atoms with Crippen LogP contribution >= 0.6 is 0 Å². The molecule has 0 saturated heterocycles. The summed E-state index contributed by atoms with van der Waals surface area (Å²) in [6.45, 7) is 12.3. The molecule has 4 nitrogen and oxygen atoms in total. The third-order valence-corrected chi connectivity index (χ3v) is 3.06. The molecule has 0 saturated carbocycles. The molecule has 110 valence electrons. The molecule has 0 aromatic heterocycles. The molecule has 0 bridgehead atoms. The first kappa shape index (κ1) is 17.7. The maximum Gasteiger partial charge on any atom is 0.330 e. The molecule has 0 rings (SSSR count). The van der Waals surface area contributed by atoms with Gasteiger partial charge in [-0.1, -0.05) is 34.3 Å². The van der Waals surface area contributed by atoms with E-state index in [4.69, 9.17) is 4.74 Å². The third-order valence-electron chi connectivity index (χ3n) is 3.06. The number of rotatable bonds is 8. The number of carbonyl (C=O) groups excluding carboxylic acids is 2. The van der Waals surface area contributed by atoms with E-state index in [2.05, 4.69) is 34.3 Å². The Morgan fingerprint density at radius 3 is 2.26 bits per heavy atom. The lowest BCUT2D eigenvalue weighted by Gasteiger charge is -2.27. The second kappa shape index (κ2) is 8.73. The number of esters is 1. The highest BCUT2D eigenvalue weighted by molar-refractivity contribution is 5.81. The molecule has 0 aliphatic heterocycles. The zero-order valence-electron chi connectivity index (χ0n) is 12.8. The normalized spacial score (nSPS) is 12.4. The van der Waals surface area contributed by atoms with E-state index in [1.165, 1.54) is 0 Å². The van der Waals surface area contributed by atoms with Gasteiger partial charge >= 0.3 is 5.97 Å². The van der Waals surface area contributed by atoms with Crippen LogP contribution < -0.4 is 0 Å². The van der Waals surface area contributed by atoms with Gasteiger partial charge < -0.3 is 9.64 Å². The van der Waals surface area contributed by atoms with Crippen LogP contribution in [0.4, 0.5) is 0 Å². The molecule has 1 amide bonds. The van der Waals surface area contributed by atoms with Gasteiger partial charge in [-0.25, -0.2) is 4.79 Å². The molecule has 0 heterocycles. The fourth-order valence-corrected chi connectivity index (χ4v) is 1.90. The van der Waals surface area contributed by atoms with Gasteiger partial charge in [-0.2, -0.15) is 0 Å². The third kappa shape index (κ3) is 6.99. The number of amides is 1. The summed E-state index contributed by atoms with van der Waals surface area (Å²) in [5.74, 6) is 0.498. The molecule has 0 aromatic rings. The van der Waals surface area contributed by atoms with Gasteiger partial charge in [-0.05, 0) is 18.3 Å². The van der Waals surface area contributed by atoms with Crippen molar-refractivity contribution < 1.29 is 14.3 Å². The molecule has 1 atom stereocenters. The van der Waals surface area contributed by atoms with Crippen molar-refractivity contribution in [3.05, 3.63) is 12.7 Å². The van der Waals surface area contributed by atoms with E-state index in [-0.39, 0.29) is 18.4 Å². The average Bonchev–Trinajstić information content (AvgIpc) is 2.34. The molecule has 0 aromatic carbocycles. The molecule has 1 unspecified atom stereocenters. The summed E-state index contributed by atoms with van der Waals surface area (Å²) in [6.07, 6.45) is 2.00. The average molecular weight is 269 g/mol. The van der Waals surface area contributed by atoms with Crippen LogP contribution in [0.25, 0.3) is 0 Å². The second-order valence-corrected chi connectivity index (χ2v) is 5.61. The molecule has 0 aliphatic carbocycles. The predicted molar refractivity (Wildman–Crippen MR) is 76.6 cm³/mol. The van der Waals surface area contributed by atoms with E-state index >= 15 is 0 Å². The minimum Gasteiger partial charge on any atom is -0.461 e. The van der Waals surface area contributed by atoms with E-state index in [0.717, 1.165) is 12.5 Å². The van der Waals surface area contributed by atoms with Gasteiger partial charge in [0, 0.05) is 19.0 Å². The first-order valence-electron chi connectivity index (χ1n) is 6.83. The molecular weight excluding hydrogens is 242 g/mol. The topological polar surface area (TPSA) is 46.6 Å². The Hall–Kier alpha value is -1.32. The van der Waals surface area contributed by atoms with Crippen LogP contribution in [0, 0.1) is 17.8 Å². The van der Waals surface area contributed by atoms with Gasteiger partial charge in [-0.15, -0.1) is 0 Å². The molecular formula is C15H27NO3. The van der Waals surface area contributed by atoms with Crippen molar-refractivity contribution in [2.24, 2.45) is 17.8 Å². The summed E-state index contributed by atoms with van der Waals surface area (Å²) in [4.78, 5) is 24.9. The number of ether oxygens (including phenoxy) is 1. The molecule has 0 aliphatic rings. The van der Waals surface area contributed by atoms with Crippen molar-refractivity contribution in [1.82, 2.24) is 4.90 Å². The first-order valence-corrected chi connectivity index (χ1v) is 6.83. The predicted octanol–water partition coefficient (Wildman–Crippen LogP) is 2.49. The van der Waals surface area contributed by atoms with Gasteiger partial charge in [0.1, 0.15) is 6.61 Å². The van der Waals surface area contributed by atoms with Crippen LogP contribution in [0.3, 0.4) is 0 Å². The molecule has 19 heavy (non-hydrogen) atoms. The zero-order chi connectivity index (χ0) is 15.0. The Morgan fingerprint density at radius 2 is 1.84 bits per heavy atom. The number of carbonyl (C=O) groups is 2. The second-order valence-electron chi connectivity index (χ2n) is 5.61. The highest BCUT2D eigenvalue weighted by atomic mass is 16.5. The van der Waals surface area contributed by atoms with E-state index < -0.39 is 5.97 Å². The van der Waals surface area contributed by atoms with E-state index in [0.29, 0.717) is 18.4 Å². The van der Waals surface area contributed by atoms with Gasteiger partial charge in [0.2, 0.25) is 5.91 Å². The van der Waals surface area contributed by atoms with E-state index in [9.17, 15) is 9.59 Å². The molecule has 0 N–H and O–H groups in total. The maximum atomic E-state index is 12.3. The first-order chi connectivity index (χ1) is 8.79. The Balaban J connectivity index is 4.34. The monoisotopic (exact) mass is 269 g/mol. The van der Waals surface area contributed by atoms with Crippen LogP contribution in [-0.4, -0.2) is 37.0 Å². The fourth-order valence-electron chi connectivity index (χ4n) is 1.90. The van der Waals surface area contributed by atoms with Gasteiger partial charge in [0.25, 0.3) is 0 Å². The molecule has 0 radical (unpaired) electrons. The highest BCUT2D eigenvalue weighted by Crippen LogP contribution is 2.22. The molecule has 0 spiro atoms. The van der Waals surface area contributed by atoms with Crippen LogP contribution in [0.5, 0.6) is 0 Å². The van der Waals surface area contributed by atoms with Gasteiger partial charge in [0.05, 0.1) is 6.54 Å². The van der Waals surface area contributed by atoms with Crippen molar-refractivity contribution in [3.8, 4) is 0 Å². The molecule has 0 fully saturated rings. The summed E-state index contributed by atoms with van der Waals surface area (Å²) in [6, 6.07) is 0. The van der Waals surface area contributed by atoms with Gasteiger partial charge in [0.15, 0.2) is 0 Å². The lowest BCUT2D eigenvalue weighted by molar-refractivity contribution is -0.142. The Kier molecular flexibility index (Phi) is 8.12. The van der Waals surface area contributed by atoms with Crippen molar-refractivity contribution in [3.63, 3.8) is 0 Å². The minimum absolute atomic E-state index is 0.0279. The van der Waals surface area contributed by atoms with Crippen LogP contribution in [0.2, 0.25) is 0 Å². The Morgan fingerprint density at radius 1 is 1.26 bits per heavy atom. The summed E-state index contributed by atoms with van der Waals surface area (Å²) in [7, 11) is 1.75. The Labute approximate surface area is 116 Å². The summed E-state index contributed by atoms with van der Waals surface area (Å²) in [5.41, 5.74) is 0. The van der Waals surface area contributed by atoms with Crippen LogP contribution in [0.1, 0.15) is 34.1 Å². The number of likely N-dealkylation sites (N-methyl/N-ethyl adjacent to an activating group) is 1. The fraction of sp³-hybridized carbons (Fsp3) is 0.733. The number of hydrogen-bond acceptors (Lipinski definition) is 3. The summed E-state index contributed by atoms with van der Waals surface area (Å²) >= 11 is 0. The molecule has 4 heteroatoms. The highest BCUT2D eigenvalue weighted by Gasteiger charge is 2.25. The zero-order valence-corrected chi connectivity index (χ0v) is 12.8. The van der Waals surface area contributed by atoms with Crippen molar-refractivity contribution in [1.29, 1.82) is 0 Å². The maximum absolute atomic E-state index is 12.3.